The average Bonchev–Trinajstić information content (AvgIpc) is 2.70. The summed E-state index contributed by atoms with van der Waals surface area (Å²) in [6.07, 6.45) is 3.73. The summed E-state index contributed by atoms with van der Waals surface area (Å²) in [5.41, 5.74) is -0.145. The van der Waals surface area contributed by atoms with Gasteiger partial charge in [-0.05, 0) is 55.2 Å². The van der Waals surface area contributed by atoms with Gasteiger partial charge in [-0.2, -0.15) is 0 Å². The topological polar surface area (TPSA) is 84.5 Å². The molecular formula is C21H24ClFN2O4S. The van der Waals surface area contributed by atoms with Crippen LogP contribution in [0.1, 0.15) is 43.0 Å². The average molecular weight is 455 g/mol. The Morgan fingerprint density at radius 3 is 2.60 bits per heavy atom. The van der Waals surface area contributed by atoms with Crippen molar-refractivity contribution in [2.24, 2.45) is 5.92 Å². The van der Waals surface area contributed by atoms with Crippen molar-refractivity contribution in [3.05, 3.63) is 52.8 Å². The molecule has 2 N–H and O–H groups in total. The van der Waals surface area contributed by atoms with Gasteiger partial charge in [0, 0.05) is 11.1 Å². The van der Waals surface area contributed by atoms with Crippen molar-refractivity contribution in [1.82, 2.24) is 4.72 Å². The van der Waals surface area contributed by atoms with Gasteiger partial charge in [0.15, 0.2) is 0 Å². The molecule has 2 aromatic carbocycles. The van der Waals surface area contributed by atoms with Crippen LogP contribution in [0.5, 0.6) is 5.75 Å². The van der Waals surface area contributed by atoms with Crippen LogP contribution in [0.2, 0.25) is 5.02 Å². The van der Waals surface area contributed by atoms with E-state index in [0.717, 1.165) is 43.9 Å². The van der Waals surface area contributed by atoms with E-state index in [1.807, 2.05) is 6.92 Å². The summed E-state index contributed by atoms with van der Waals surface area (Å²) in [6, 6.07) is 7.60. The Labute approximate surface area is 180 Å². The highest BCUT2D eigenvalue weighted by atomic mass is 35.5. The third kappa shape index (κ3) is 5.11. The molecule has 0 heterocycles. The normalized spacial score (nSPS) is 19.3. The number of rotatable bonds is 6. The van der Waals surface area contributed by atoms with E-state index in [-0.39, 0.29) is 22.5 Å². The summed E-state index contributed by atoms with van der Waals surface area (Å²) in [7, 11) is -2.48. The molecule has 1 amide bonds. The Morgan fingerprint density at radius 1 is 1.17 bits per heavy atom. The van der Waals surface area contributed by atoms with Crippen molar-refractivity contribution in [3.63, 3.8) is 0 Å². The van der Waals surface area contributed by atoms with Crippen LogP contribution in [0.25, 0.3) is 0 Å². The minimum Gasteiger partial charge on any atom is -0.495 e. The molecule has 0 aromatic heterocycles. The molecule has 0 unspecified atom stereocenters. The largest absolute Gasteiger partial charge is 0.495 e. The molecule has 9 heteroatoms. The Balaban J connectivity index is 1.86. The van der Waals surface area contributed by atoms with E-state index < -0.39 is 27.3 Å². The van der Waals surface area contributed by atoms with Gasteiger partial charge in [0.25, 0.3) is 5.91 Å². The summed E-state index contributed by atoms with van der Waals surface area (Å²) >= 11 is 5.96. The first-order chi connectivity index (χ1) is 14.2. The zero-order valence-corrected chi connectivity index (χ0v) is 18.3. The summed E-state index contributed by atoms with van der Waals surface area (Å²) in [5, 5.41) is 2.88. The van der Waals surface area contributed by atoms with Gasteiger partial charge < -0.3 is 10.1 Å². The monoisotopic (exact) mass is 454 g/mol. The minimum atomic E-state index is -3.90. The summed E-state index contributed by atoms with van der Waals surface area (Å²) < 4.78 is 47.9. The molecule has 0 aliphatic heterocycles. The van der Waals surface area contributed by atoms with E-state index in [2.05, 4.69) is 10.0 Å². The van der Waals surface area contributed by atoms with E-state index in [4.69, 9.17) is 16.3 Å². The fourth-order valence-electron chi connectivity index (χ4n) is 3.57. The van der Waals surface area contributed by atoms with Crippen molar-refractivity contribution < 1.29 is 22.3 Å². The molecule has 0 spiro atoms. The van der Waals surface area contributed by atoms with Crippen LogP contribution in [-0.4, -0.2) is 27.5 Å². The van der Waals surface area contributed by atoms with Crippen molar-refractivity contribution >= 4 is 33.2 Å². The quantitative estimate of drug-likeness (QED) is 0.668. The summed E-state index contributed by atoms with van der Waals surface area (Å²) in [6.45, 7) is 2.01. The molecule has 2 aromatic rings. The molecule has 0 saturated heterocycles. The third-order valence-electron chi connectivity index (χ3n) is 5.32. The van der Waals surface area contributed by atoms with E-state index in [1.165, 1.54) is 13.2 Å². The fraction of sp³-hybridized carbons (Fsp3) is 0.381. The summed E-state index contributed by atoms with van der Waals surface area (Å²) in [4.78, 5) is 12.5. The van der Waals surface area contributed by atoms with Gasteiger partial charge in [-0.15, -0.1) is 0 Å². The second-order valence-corrected chi connectivity index (χ2v) is 9.58. The van der Waals surface area contributed by atoms with Crippen molar-refractivity contribution in [2.45, 2.75) is 43.5 Å². The fourth-order valence-corrected chi connectivity index (χ4v) is 5.15. The molecule has 162 valence electrons. The Hall–Kier alpha value is -2.16. The number of benzene rings is 2. The molecule has 6 nitrogen and oxygen atoms in total. The van der Waals surface area contributed by atoms with Gasteiger partial charge in [-0.25, -0.2) is 17.5 Å². The number of carbonyl (C=O) groups is 1. The second-order valence-electron chi connectivity index (χ2n) is 7.43. The second kappa shape index (κ2) is 9.32. The number of hydrogen-bond acceptors (Lipinski definition) is 4. The molecule has 1 fully saturated rings. The number of hydrogen-bond donors (Lipinski definition) is 2. The van der Waals surface area contributed by atoms with Crippen LogP contribution >= 0.6 is 11.6 Å². The van der Waals surface area contributed by atoms with Crippen LogP contribution in [0.3, 0.4) is 0 Å². The smallest absolute Gasteiger partial charge is 0.258 e. The first-order valence-electron chi connectivity index (χ1n) is 9.68. The molecule has 0 bridgehead atoms. The van der Waals surface area contributed by atoms with Crippen LogP contribution in [-0.2, 0) is 10.0 Å². The lowest BCUT2D eigenvalue weighted by atomic mass is 9.87. The highest BCUT2D eigenvalue weighted by Gasteiger charge is 2.28. The highest BCUT2D eigenvalue weighted by Crippen LogP contribution is 2.29. The first-order valence-corrected chi connectivity index (χ1v) is 11.5. The zero-order valence-electron chi connectivity index (χ0n) is 16.7. The molecule has 3 rings (SSSR count). The highest BCUT2D eigenvalue weighted by molar-refractivity contribution is 7.89. The lowest BCUT2D eigenvalue weighted by Gasteiger charge is -2.29. The predicted molar refractivity (Wildman–Crippen MR) is 114 cm³/mol. The maximum absolute atomic E-state index is 14.4. The molecular weight excluding hydrogens is 431 g/mol. The lowest BCUT2D eigenvalue weighted by Crippen LogP contribution is -2.41. The van der Waals surface area contributed by atoms with Gasteiger partial charge in [0.2, 0.25) is 10.0 Å². The van der Waals surface area contributed by atoms with Gasteiger partial charge in [0.05, 0.1) is 23.3 Å². The standard InChI is InChI=1S/C21H24ClFN2O4S/c1-13-5-3-4-6-18(13)25-30(27,28)15-8-9-17(23)16(12-15)21(26)24-19-11-14(22)7-10-20(19)29-2/h7-13,18,25H,3-6H2,1-2H3,(H,24,26)/t13-,18-/m1/s1. The SMILES string of the molecule is COc1ccc(Cl)cc1NC(=O)c1cc(S(=O)(=O)N[C@@H]2CCCC[C@H]2C)ccc1F. The number of carbonyl (C=O) groups excluding carboxylic acids is 1. The number of sulfonamides is 1. The molecule has 1 aliphatic carbocycles. The maximum atomic E-state index is 14.4. The van der Waals surface area contributed by atoms with Crippen molar-refractivity contribution in [1.29, 1.82) is 0 Å². The van der Waals surface area contributed by atoms with Gasteiger partial charge in [0.1, 0.15) is 11.6 Å². The molecule has 0 radical (unpaired) electrons. The minimum absolute atomic E-state index is 0.162. The number of ether oxygens (including phenoxy) is 1. The van der Waals surface area contributed by atoms with Gasteiger partial charge in [-0.3, -0.25) is 4.79 Å². The number of methoxy groups -OCH3 is 1. The van der Waals surface area contributed by atoms with Crippen LogP contribution in [0.4, 0.5) is 10.1 Å². The number of anilines is 1. The van der Waals surface area contributed by atoms with Crippen LogP contribution < -0.4 is 14.8 Å². The van der Waals surface area contributed by atoms with Gasteiger partial charge in [-0.1, -0.05) is 31.4 Å². The van der Waals surface area contributed by atoms with E-state index >= 15 is 0 Å². The van der Waals surface area contributed by atoms with Gasteiger partial charge >= 0.3 is 0 Å². The van der Waals surface area contributed by atoms with E-state index in [0.29, 0.717) is 10.8 Å². The molecule has 2 atom stereocenters. The van der Waals surface area contributed by atoms with Crippen LogP contribution in [0, 0.1) is 11.7 Å². The van der Waals surface area contributed by atoms with E-state index in [9.17, 15) is 17.6 Å². The predicted octanol–water partition coefficient (Wildman–Crippen LogP) is 4.60. The number of amides is 1. The number of nitrogens with one attached hydrogen (secondary N) is 2. The Bertz CT molecular complexity index is 1050. The summed E-state index contributed by atoms with van der Waals surface area (Å²) in [5.74, 6) is -1.09. The lowest BCUT2D eigenvalue weighted by molar-refractivity contribution is 0.102. The molecule has 30 heavy (non-hydrogen) atoms. The van der Waals surface area contributed by atoms with Crippen LogP contribution in [0.15, 0.2) is 41.3 Å². The third-order valence-corrected chi connectivity index (χ3v) is 7.04. The van der Waals surface area contributed by atoms with Crippen molar-refractivity contribution in [3.8, 4) is 5.75 Å². The zero-order chi connectivity index (χ0) is 21.9. The molecule has 1 aliphatic rings. The Morgan fingerprint density at radius 2 is 1.90 bits per heavy atom. The molecule has 1 saturated carbocycles. The van der Waals surface area contributed by atoms with E-state index in [1.54, 1.807) is 12.1 Å². The Kier molecular flexibility index (Phi) is 7.00. The maximum Gasteiger partial charge on any atom is 0.258 e. The van der Waals surface area contributed by atoms with Crippen molar-refractivity contribution in [2.75, 3.05) is 12.4 Å². The number of halogens is 2. The first kappa shape index (κ1) is 22.5.